The Morgan fingerprint density at radius 1 is 1.50 bits per heavy atom. The fourth-order valence-corrected chi connectivity index (χ4v) is 5.00. The molecule has 1 aliphatic heterocycles. The van der Waals surface area contributed by atoms with Crippen molar-refractivity contribution in [2.75, 3.05) is 19.4 Å². The van der Waals surface area contributed by atoms with Crippen molar-refractivity contribution in [2.24, 2.45) is 0 Å². The van der Waals surface area contributed by atoms with Crippen LogP contribution in [0.25, 0.3) is 0 Å². The van der Waals surface area contributed by atoms with Crippen LogP contribution < -0.4 is 5.73 Å². The van der Waals surface area contributed by atoms with Crippen LogP contribution in [-0.4, -0.2) is 38.5 Å². The average Bonchev–Trinajstić information content (AvgIpc) is 2.78. The van der Waals surface area contributed by atoms with Crippen LogP contribution in [0.15, 0.2) is 21.5 Å². The van der Waals surface area contributed by atoms with Gasteiger partial charge in [0.25, 0.3) is 0 Å². The van der Waals surface area contributed by atoms with Crippen LogP contribution in [-0.2, 0) is 14.8 Å². The highest BCUT2D eigenvalue weighted by Gasteiger charge is 2.36. The van der Waals surface area contributed by atoms with E-state index in [4.69, 9.17) is 22.1 Å². The first-order valence-electron chi connectivity index (χ1n) is 6.09. The average molecular weight is 384 g/mol. The van der Waals surface area contributed by atoms with Crippen LogP contribution in [0.5, 0.6) is 0 Å². The van der Waals surface area contributed by atoms with Gasteiger partial charge < -0.3 is 10.5 Å². The lowest BCUT2D eigenvalue weighted by molar-refractivity contribution is 0.102. The van der Waals surface area contributed by atoms with Gasteiger partial charge in [-0.15, -0.1) is 0 Å². The number of hydrogen-bond acceptors (Lipinski definition) is 4. The molecule has 1 aromatic rings. The summed E-state index contributed by atoms with van der Waals surface area (Å²) < 4.78 is 32.5. The summed E-state index contributed by atoms with van der Waals surface area (Å²) in [7, 11) is -2.14. The number of hydrogen-bond donors (Lipinski definition) is 1. The van der Waals surface area contributed by atoms with E-state index in [2.05, 4.69) is 15.9 Å². The van der Waals surface area contributed by atoms with Crippen LogP contribution in [0.1, 0.15) is 13.3 Å². The third-order valence-electron chi connectivity index (χ3n) is 3.49. The molecular weight excluding hydrogens is 368 g/mol. The van der Waals surface area contributed by atoms with Crippen LogP contribution in [0.3, 0.4) is 0 Å². The molecule has 2 N–H and O–H groups in total. The fourth-order valence-electron chi connectivity index (χ4n) is 2.30. The third-order valence-corrected chi connectivity index (χ3v) is 6.76. The van der Waals surface area contributed by atoms with E-state index >= 15 is 0 Å². The number of benzene rings is 1. The first kappa shape index (κ1) is 16.0. The highest BCUT2D eigenvalue weighted by Crippen LogP contribution is 2.34. The van der Waals surface area contributed by atoms with Crippen molar-refractivity contribution in [1.29, 1.82) is 0 Å². The molecule has 20 heavy (non-hydrogen) atoms. The Morgan fingerprint density at radius 2 is 2.15 bits per heavy atom. The van der Waals surface area contributed by atoms with Crippen molar-refractivity contribution < 1.29 is 13.2 Å². The molecule has 0 aromatic heterocycles. The second-order valence-corrected chi connectivity index (χ2v) is 7.96. The maximum atomic E-state index is 12.7. The molecule has 2 unspecified atom stereocenters. The summed E-state index contributed by atoms with van der Waals surface area (Å²) in [5.41, 5.74) is 6.05. The van der Waals surface area contributed by atoms with Crippen molar-refractivity contribution in [3.8, 4) is 0 Å². The minimum atomic E-state index is -3.69. The predicted octanol–water partition coefficient (Wildman–Crippen LogP) is 2.48. The predicted molar refractivity (Wildman–Crippen MR) is 82.3 cm³/mol. The molecule has 2 rings (SSSR count). The second kappa shape index (κ2) is 5.81. The topological polar surface area (TPSA) is 72.6 Å². The van der Waals surface area contributed by atoms with Crippen molar-refractivity contribution in [3.05, 3.63) is 21.6 Å². The second-order valence-electron chi connectivity index (χ2n) is 4.76. The van der Waals surface area contributed by atoms with E-state index in [1.54, 1.807) is 7.05 Å². The smallest absolute Gasteiger partial charge is 0.244 e. The van der Waals surface area contributed by atoms with E-state index in [0.29, 0.717) is 23.2 Å². The van der Waals surface area contributed by atoms with Crippen molar-refractivity contribution in [1.82, 2.24) is 4.31 Å². The van der Waals surface area contributed by atoms with Crippen LogP contribution in [0.2, 0.25) is 5.02 Å². The molecule has 1 heterocycles. The Hall–Kier alpha value is -0.340. The molecule has 5 nitrogen and oxygen atoms in total. The number of nitrogens with zero attached hydrogens (tertiary/aromatic N) is 1. The van der Waals surface area contributed by atoms with Gasteiger partial charge in [-0.1, -0.05) is 11.6 Å². The Labute approximate surface area is 132 Å². The zero-order chi connectivity index (χ0) is 15.1. The summed E-state index contributed by atoms with van der Waals surface area (Å²) in [5, 5.41) is 0.286. The zero-order valence-electron chi connectivity index (χ0n) is 11.1. The number of sulfonamides is 1. The highest BCUT2D eigenvalue weighted by molar-refractivity contribution is 9.10. The lowest BCUT2D eigenvalue weighted by Gasteiger charge is -2.26. The van der Waals surface area contributed by atoms with Gasteiger partial charge in [0.1, 0.15) is 0 Å². The Balaban J connectivity index is 2.45. The molecule has 1 aliphatic rings. The molecule has 0 radical (unpaired) electrons. The Kier molecular flexibility index (Phi) is 4.66. The monoisotopic (exact) mass is 382 g/mol. The van der Waals surface area contributed by atoms with E-state index < -0.39 is 10.0 Å². The van der Waals surface area contributed by atoms with Gasteiger partial charge in [0.15, 0.2) is 0 Å². The molecule has 112 valence electrons. The number of nitrogens with two attached hydrogens (primary N) is 1. The number of rotatable bonds is 3. The molecule has 1 fully saturated rings. The van der Waals surface area contributed by atoms with Gasteiger partial charge >= 0.3 is 0 Å². The zero-order valence-corrected chi connectivity index (χ0v) is 14.3. The van der Waals surface area contributed by atoms with E-state index in [1.807, 2.05) is 6.92 Å². The SMILES string of the molecule is CC1OCCC1N(C)S(=O)(=O)c1cc(Cl)cc(N)c1Br. The summed E-state index contributed by atoms with van der Waals surface area (Å²) in [5.74, 6) is 0. The van der Waals surface area contributed by atoms with Gasteiger partial charge in [0.2, 0.25) is 10.0 Å². The van der Waals surface area contributed by atoms with Crippen molar-refractivity contribution in [2.45, 2.75) is 30.4 Å². The minimum Gasteiger partial charge on any atom is -0.398 e. The molecule has 8 heteroatoms. The molecule has 2 atom stereocenters. The van der Waals surface area contributed by atoms with E-state index in [-0.39, 0.29) is 22.1 Å². The molecule has 0 saturated carbocycles. The maximum absolute atomic E-state index is 12.7. The first-order chi connectivity index (χ1) is 9.25. The van der Waals surface area contributed by atoms with E-state index in [1.165, 1.54) is 16.4 Å². The molecule has 0 amide bonds. The lowest BCUT2D eigenvalue weighted by atomic mass is 10.2. The van der Waals surface area contributed by atoms with E-state index in [0.717, 1.165) is 0 Å². The maximum Gasteiger partial charge on any atom is 0.244 e. The summed E-state index contributed by atoms with van der Waals surface area (Å²) >= 11 is 9.13. The van der Waals surface area contributed by atoms with Gasteiger partial charge in [-0.05, 0) is 41.4 Å². The summed E-state index contributed by atoms with van der Waals surface area (Å²) in [6, 6.07) is 2.72. The number of anilines is 1. The van der Waals surface area contributed by atoms with Gasteiger partial charge in [-0.3, -0.25) is 0 Å². The number of nitrogen functional groups attached to an aromatic ring is 1. The quantitative estimate of drug-likeness (QED) is 0.814. The van der Waals surface area contributed by atoms with Gasteiger partial charge in [-0.2, -0.15) is 4.31 Å². The Bertz CT molecular complexity index is 623. The largest absolute Gasteiger partial charge is 0.398 e. The molecule has 1 aromatic carbocycles. The lowest BCUT2D eigenvalue weighted by Crippen LogP contribution is -2.41. The number of likely N-dealkylation sites (N-methyl/N-ethyl adjacent to an activating group) is 1. The molecule has 0 bridgehead atoms. The molecular formula is C12H16BrClN2O3S. The van der Waals surface area contributed by atoms with Crippen molar-refractivity contribution >= 4 is 43.2 Å². The summed E-state index contributed by atoms with van der Waals surface area (Å²) in [6.45, 7) is 2.43. The molecule has 1 saturated heterocycles. The number of ether oxygens (including phenoxy) is 1. The molecule has 0 aliphatic carbocycles. The number of halogens is 2. The van der Waals surface area contributed by atoms with Gasteiger partial charge in [0, 0.05) is 24.4 Å². The summed E-state index contributed by atoms with van der Waals surface area (Å²) in [4.78, 5) is 0.0732. The third kappa shape index (κ3) is 2.82. The van der Waals surface area contributed by atoms with E-state index in [9.17, 15) is 8.42 Å². The Morgan fingerprint density at radius 3 is 2.70 bits per heavy atom. The van der Waals surface area contributed by atoms with Crippen LogP contribution in [0, 0.1) is 0 Å². The molecule has 0 spiro atoms. The van der Waals surface area contributed by atoms with Crippen LogP contribution >= 0.6 is 27.5 Å². The normalized spacial score (nSPS) is 23.4. The first-order valence-corrected chi connectivity index (χ1v) is 8.70. The van der Waals surface area contributed by atoms with Gasteiger partial charge in [-0.25, -0.2) is 8.42 Å². The fraction of sp³-hybridized carbons (Fsp3) is 0.500. The van der Waals surface area contributed by atoms with Crippen LogP contribution in [0.4, 0.5) is 5.69 Å². The van der Waals surface area contributed by atoms with Gasteiger partial charge in [0.05, 0.1) is 21.5 Å². The highest BCUT2D eigenvalue weighted by atomic mass is 79.9. The summed E-state index contributed by atoms with van der Waals surface area (Å²) in [6.07, 6.45) is 0.537. The minimum absolute atomic E-state index is 0.0732. The standard InChI is InChI=1S/C12H16BrClN2O3S/c1-7-10(3-4-19-7)16(2)20(17,18)11-6-8(14)5-9(15)12(11)13/h5-7,10H,3-4,15H2,1-2H3. The van der Waals surface area contributed by atoms with Crippen molar-refractivity contribution in [3.63, 3.8) is 0 Å².